The van der Waals surface area contributed by atoms with Gasteiger partial charge in [-0.3, -0.25) is 0 Å². The molecule has 4 aromatic carbocycles. The molecule has 1 aliphatic carbocycles. The van der Waals surface area contributed by atoms with Crippen molar-refractivity contribution in [3.8, 4) is 44.8 Å². The van der Waals surface area contributed by atoms with Crippen LogP contribution < -0.4 is 0 Å². The largest absolute Gasteiger partial charge is 0.488 e. The van der Waals surface area contributed by atoms with Gasteiger partial charge >= 0.3 is 0 Å². The number of benzene rings is 4. The minimum absolute atomic E-state index is 0. The number of pyridine rings is 2. The summed E-state index contributed by atoms with van der Waals surface area (Å²) in [7, 11) is 0. The number of nitrogens with zero attached hydrogens (tertiary/aromatic N) is 3. The fourth-order valence-corrected chi connectivity index (χ4v) is 6.97. The van der Waals surface area contributed by atoms with Crippen LogP contribution in [0.2, 0.25) is 0 Å². The van der Waals surface area contributed by atoms with Gasteiger partial charge in [0, 0.05) is 65.4 Å². The second-order valence-corrected chi connectivity index (χ2v) is 16.1. The Morgan fingerprint density at radius 3 is 2.28 bits per heavy atom. The van der Waals surface area contributed by atoms with Crippen molar-refractivity contribution in [3.05, 3.63) is 149 Å². The Kier molecular flexibility index (Phi) is 8.05. The predicted molar refractivity (Wildman–Crippen MR) is 233 cm³/mol. The molecular formula is C52H55IrN3O-2. The maximum Gasteiger partial charge on any atom is 0.180 e. The molecule has 3 aromatic heterocycles. The molecule has 4 nitrogen and oxygen atoms in total. The van der Waals surface area contributed by atoms with Crippen molar-refractivity contribution in [1.82, 2.24) is 15.0 Å². The van der Waals surface area contributed by atoms with Crippen molar-refractivity contribution in [2.24, 2.45) is 10.8 Å². The Balaban J connectivity index is 0.000000248. The molecule has 1 fully saturated rings. The smallest absolute Gasteiger partial charge is 0.180 e. The first-order chi connectivity index (χ1) is 32.7. The molecule has 57 heavy (non-hydrogen) atoms. The molecule has 295 valence electrons. The molecule has 0 atom stereocenters. The second kappa shape index (κ2) is 17.4. The van der Waals surface area contributed by atoms with E-state index in [1.54, 1.807) is 42.6 Å². The van der Waals surface area contributed by atoms with E-state index in [0.717, 1.165) is 18.4 Å². The Morgan fingerprint density at radius 1 is 0.807 bits per heavy atom. The van der Waals surface area contributed by atoms with E-state index in [-0.39, 0.29) is 75.7 Å². The predicted octanol–water partition coefficient (Wildman–Crippen LogP) is 14.1. The summed E-state index contributed by atoms with van der Waals surface area (Å²) >= 11 is 0. The molecule has 0 aliphatic heterocycles. The Labute approximate surface area is 375 Å². The van der Waals surface area contributed by atoms with Gasteiger partial charge in [-0.15, -0.1) is 47.5 Å². The number of hydrogen-bond donors (Lipinski definition) is 0. The summed E-state index contributed by atoms with van der Waals surface area (Å²) < 4.78 is 128. The van der Waals surface area contributed by atoms with Crippen LogP contribution in [0.25, 0.3) is 55.9 Å². The van der Waals surface area contributed by atoms with Crippen LogP contribution in [0.1, 0.15) is 120 Å². The van der Waals surface area contributed by atoms with Gasteiger partial charge in [-0.25, -0.2) is 4.98 Å². The Hall–Kier alpha value is -4.70. The summed E-state index contributed by atoms with van der Waals surface area (Å²) in [6.07, 6.45) is 4.06. The molecule has 7 aromatic rings. The molecule has 1 aliphatic rings. The maximum absolute atomic E-state index is 9.18. The number of oxazole rings is 1. The van der Waals surface area contributed by atoms with Gasteiger partial charge < -0.3 is 14.4 Å². The number of aromatic nitrogens is 3. The van der Waals surface area contributed by atoms with Gasteiger partial charge in [0.15, 0.2) is 5.89 Å². The fraction of sp³-hybridized carbons (Fsp3) is 0.327. The van der Waals surface area contributed by atoms with Crippen LogP contribution in [0.15, 0.2) is 108 Å². The first-order valence-corrected chi connectivity index (χ1v) is 18.8. The summed E-state index contributed by atoms with van der Waals surface area (Å²) in [6, 6.07) is 31.6. The van der Waals surface area contributed by atoms with Gasteiger partial charge in [0.25, 0.3) is 0 Å². The van der Waals surface area contributed by atoms with E-state index in [9.17, 15) is 1.37 Å². The standard InChI is InChI=1S/C29H31N2O.C23H24N.Ir/c1-18-15-22(21-11-13-29(4,5)14-12-21)9-10-23(18)25-16-27(30-17-19(25)2)24-7-6-8-26-28(24)32-20(3)31-26;1-17-10-12-20(14-21(17)19-8-6-5-7-9-19)22-13-11-18(16-24-22)15-23(2,3)4;/h6,8-10,15-17,21H,11-14H2,1-5H3;5-11,13-14,16H,15H2,1-4H3;/q2*-1;/i1D3,2D3,3D3,21D;1D3,15D2;. The molecule has 8 rings (SSSR count). The SMILES string of the molecule is [2H]C([2H])([2H])c1c[c-]c(-c2ccc(C([2H])([2H])C(C)(C)C)cn2)cc1-c1ccccc1.[2H]C([2H])([2H])c1nc2cc[c-]c(-c3cc(-c4ccc(C5([2H])CCC(C)(C)CC5)cc4C([2H])([2H])[2H])c(C([2H])([2H])[2H])cn3)c2o1.[Ir]. The van der Waals surface area contributed by atoms with E-state index >= 15 is 0 Å². The molecule has 1 saturated carbocycles. The minimum atomic E-state index is -2.62. The molecule has 0 saturated heterocycles. The molecule has 1 radical (unpaired) electrons. The zero-order chi connectivity index (χ0) is 52.3. The topological polar surface area (TPSA) is 51.8 Å². The summed E-state index contributed by atoms with van der Waals surface area (Å²) in [5, 5.41) is 0. The van der Waals surface area contributed by atoms with E-state index in [4.69, 9.17) is 23.6 Å². The van der Waals surface area contributed by atoms with Crippen LogP contribution in [0.4, 0.5) is 0 Å². The number of rotatable bonds is 6. The van der Waals surface area contributed by atoms with E-state index in [0.29, 0.717) is 40.8 Å². The van der Waals surface area contributed by atoms with Crippen molar-refractivity contribution in [3.63, 3.8) is 0 Å². The van der Waals surface area contributed by atoms with Crippen LogP contribution in [0, 0.1) is 50.4 Å². The average molecular weight is 945 g/mol. The van der Waals surface area contributed by atoms with Gasteiger partial charge in [-0.2, -0.15) is 0 Å². The van der Waals surface area contributed by atoms with Crippen LogP contribution in [0.5, 0.6) is 0 Å². The maximum atomic E-state index is 9.18. The quantitative estimate of drug-likeness (QED) is 0.156. The normalized spacial score (nSPS) is 19.7. The van der Waals surface area contributed by atoms with Gasteiger partial charge in [-0.1, -0.05) is 119 Å². The molecule has 0 bridgehead atoms. The van der Waals surface area contributed by atoms with Crippen molar-refractivity contribution < 1.29 is 45.1 Å². The zero-order valence-corrected chi connectivity index (χ0v) is 35.1. The van der Waals surface area contributed by atoms with Crippen LogP contribution >= 0.6 is 0 Å². The second-order valence-electron chi connectivity index (χ2n) is 16.1. The van der Waals surface area contributed by atoms with Crippen LogP contribution in [0.3, 0.4) is 0 Å². The first-order valence-electron chi connectivity index (χ1n) is 26.3. The van der Waals surface area contributed by atoms with E-state index < -0.39 is 51.0 Å². The molecule has 0 spiro atoms. The molecule has 0 unspecified atom stereocenters. The van der Waals surface area contributed by atoms with Gasteiger partial charge in [0.2, 0.25) is 0 Å². The number of aryl methyl sites for hydroxylation is 4. The zero-order valence-electron chi connectivity index (χ0n) is 47.7. The Bertz CT molecular complexity index is 3030. The molecule has 3 heterocycles. The summed E-state index contributed by atoms with van der Waals surface area (Å²) in [4.78, 5) is 12.8. The monoisotopic (exact) mass is 945 g/mol. The van der Waals surface area contributed by atoms with Crippen LogP contribution in [-0.2, 0) is 26.5 Å². The van der Waals surface area contributed by atoms with Crippen molar-refractivity contribution in [1.29, 1.82) is 0 Å². The molecule has 0 N–H and O–H groups in total. The van der Waals surface area contributed by atoms with Gasteiger partial charge in [0.1, 0.15) is 0 Å². The summed E-state index contributed by atoms with van der Waals surface area (Å²) in [5.41, 5.74) is 4.62. The van der Waals surface area contributed by atoms with E-state index in [1.165, 1.54) is 30.5 Å². The van der Waals surface area contributed by atoms with Gasteiger partial charge in [-0.05, 0) is 113 Å². The summed E-state index contributed by atoms with van der Waals surface area (Å²) in [5.74, 6) is -1.39. The third kappa shape index (κ3) is 10.1. The van der Waals surface area contributed by atoms with Crippen molar-refractivity contribution in [2.75, 3.05) is 0 Å². The van der Waals surface area contributed by atoms with Gasteiger partial charge in [0.05, 0.1) is 5.58 Å². The fourth-order valence-electron chi connectivity index (χ4n) is 6.97. The molecule has 0 amide bonds. The molecular weight excluding hydrogens is 875 g/mol. The van der Waals surface area contributed by atoms with Crippen molar-refractivity contribution in [2.45, 2.75) is 100.0 Å². The summed E-state index contributed by atoms with van der Waals surface area (Å²) in [6.45, 7) is -0.148. The van der Waals surface area contributed by atoms with Crippen molar-refractivity contribution >= 4 is 11.1 Å². The third-order valence-corrected chi connectivity index (χ3v) is 10.0. The first kappa shape index (κ1) is 26.3. The molecule has 5 heteroatoms. The average Bonchev–Trinajstić information content (AvgIpc) is 3.75. The third-order valence-electron chi connectivity index (χ3n) is 10.0. The van der Waals surface area contributed by atoms with E-state index in [1.807, 2.05) is 51.1 Å². The Morgan fingerprint density at radius 2 is 1.58 bits per heavy atom. The number of hydrogen-bond acceptors (Lipinski definition) is 4. The van der Waals surface area contributed by atoms with E-state index in [2.05, 4.69) is 40.9 Å². The minimum Gasteiger partial charge on any atom is -0.488 e. The van der Waals surface area contributed by atoms with Crippen LogP contribution in [-0.4, -0.2) is 15.0 Å². The number of fused-ring (bicyclic) bond motifs is 1.